The average Bonchev–Trinajstić information content (AvgIpc) is 2.44. The Morgan fingerprint density at radius 3 is 2.62 bits per heavy atom. The van der Waals surface area contributed by atoms with Crippen molar-refractivity contribution in [3.63, 3.8) is 0 Å². The Labute approximate surface area is 128 Å². The first-order valence-electron chi connectivity index (χ1n) is 7.89. The Bertz CT molecular complexity index is 444. The van der Waals surface area contributed by atoms with Gasteiger partial charge in [0.25, 0.3) is 5.69 Å². The number of para-hydroxylation sites is 1. The highest BCUT2D eigenvalue weighted by Crippen LogP contribution is 2.23. The summed E-state index contributed by atoms with van der Waals surface area (Å²) in [6.07, 6.45) is 5.73. The largest absolute Gasteiger partial charge is 0.316 e. The van der Waals surface area contributed by atoms with Crippen molar-refractivity contribution in [2.45, 2.75) is 52.9 Å². The van der Waals surface area contributed by atoms with Gasteiger partial charge in [0.1, 0.15) is 0 Å². The lowest BCUT2D eigenvalue weighted by Crippen LogP contribution is -2.30. The van der Waals surface area contributed by atoms with Gasteiger partial charge in [-0.05, 0) is 24.8 Å². The van der Waals surface area contributed by atoms with Crippen molar-refractivity contribution in [1.82, 2.24) is 5.32 Å². The lowest BCUT2D eigenvalue weighted by Gasteiger charge is -2.25. The molecule has 0 fully saturated rings. The summed E-state index contributed by atoms with van der Waals surface area (Å²) in [6, 6.07) is 6.99. The first-order chi connectivity index (χ1) is 9.96. The molecule has 1 N–H and O–H groups in total. The Morgan fingerprint density at radius 2 is 1.95 bits per heavy atom. The molecule has 0 radical (unpaired) electrons. The van der Waals surface area contributed by atoms with Crippen LogP contribution in [0.5, 0.6) is 0 Å². The number of nitro benzene ring substituents is 1. The molecule has 0 saturated heterocycles. The number of nitrogens with one attached hydrogen (secondary N) is 1. The fourth-order valence-electron chi connectivity index (χ4n) is 2.49. The lowest BCUT2D eigenvalue weighted by molar-refractivity contribution is -0.385. The van der Waals surface area contributed by atoms with Crippen LogP contribution in [-0.2, 0) is 6.42 Å². The van der Waals surface area contributed by atoms with E-state index in [4.69, 9.17) is 0 Å². The quantitative estimate of drug-likeness (QED) is 0.396. The second-order valence-electron chi connectivity index (χ2n) is 6.43. The van der Waals surface area contributed by atoms with Gasteiger partial charge in [-0.25, -0.2) is 0 Å². The molecule has 0 aliphatic carbocycles. The molecule has 0 saturated carbocycles. The zero-order chi connectivity index (χ0) is 15.7. The van der Waals surface area contributed by atoms with Crippen LogP contribution in [0.1, 0.15) is 52.0 Å². The SMILES string of the molecule is CCCCCC(C)(C)CNCCc1ccccc1[N+](=O)[O-]. The summed E-state index contributed by atoms with van der Waals surface area (Å²) >= 11 is 0. The molecule has 0 aliphatic heterocycles. The van der Waals surface area contributed by atoms with Gasteiger partial charge in [-0.1, -0.05) is 58.2 Å². The summed E-state index contributed by atoms with van der Waals surface area (Å²) in [4.78, 5) is 10.6. The maximum absolute atomic E-state index is 10.9. The van der Waals surface area contributed by atoms with E-state index >= 15 is 0 Å². The number of hydrogen-bond acceptors (Lipinski definition) is 3. The van der Waals surface area contributed by atoms with E-state index in [-0.39, 0.29) is 16.0 Å². The van der Waals surface area contributed by atoms with E-state index in [1.54, 1.807) is 12.1 Å². The van der Waals surface area contributed by atoms with Crippen molar-refractivity contribution in [2.75, 3.05) is 13.1 Å². The van der Waals surface area contributed by atoms with Gasteiger partial charge in [0.15, 0.2) is 0 Å². The number of benzene rings is 1. The predicted molar refractivity (Wildman–Crippen MR) is 87.6 cm³/mol. The molecule has 1 aromatic rings. The van der Waals surface area contributed by atoms with Gasteiger partial charge in [0.2, 0.25) is 0 Å². The van der Waals surface area contributed by atoms with E-state index < -0.39 is 0 Å². The molecule has 1 aromatic carbocycles. The average molecular weight is 292 g/mol. The molecule has 0 aliphatic rings. The van der Waals surface area contributed by atoms with Gasteiger partial charge >= 0.3 is 0 Å². The van der Waals surface area contributed by atoms with Crippen LogP contribution in [0, 0.1) is 15.5 Å². The topological polar surface area (TPSA) is 55.2 Å². The van der Waals surface area contributed by atoms with E-state index in [9.17, 15) is 10.1 Å². The van der Waals surface area contributed by atoms with Crippen molar-refractivity contribution in [3.05, 3.63) is 39.9 Å². The van der Waals surface area contributed by atoms with Crippen LogP contribution in [0.2, 0.25) is 0 Å². The van der Waals surface area contributed by atoms with Crippen molar-refractivity contribution < 1.29 is 4.92 Å². The third-order valence-electron chi connectivity index (χ3n) is 3.82. The summed E-state index contributed by atoms with van der Waals surface area (Å²) in [5.41, 5.74) is 1.32. The molecule has 0 bridgehead atoms. The van der Waals surface area contributed by atoms with Crippen LogP contribution in [0.3, 0.4) is 0 Å². The van der Waals surface area contributed by atoms with E-state index in [2.05, 4.69) is 26.1 Å². The molecule has 0 heterocycles. The molecule has 1 rings (SSSR count). The van der Waals surface area contributed by atoms with Gasteiger partial charge in [-0.15, -0.1) is 0 Å². The normalized spacial score (nSPS) is 11.6. The second-order valence-corrected chi connectivity index (χ2v) is 6.43. The monoisotopic (exact) mass is 292 g/mol. The molecule has 0 atom stereocenters. The van der Waals surface area contributed by atoms with Crippen LogP contribution in [0.4, 0.5) is 5.69 Å². The highest BCUT2D eigenvalue weighted by Gasteiger charge is 2.17. The number of nitro groups is 1. The van der Waals surface area contributed by atoms with Crippen LogP contribution in [-0.4, -0.2) is 18.0 Å². The van der Waals surface area contributed by atoms with Crippen LogP contribution in [0.15, 0.2) is 24.3 Å². The zero-order valence-corrected chi connectivity index (χ0v) is 13.5. The molecule has 0 aromatic heterocycles. The predicted octanol–water partition coefficient (Wildman–Crippen LogP) is 4.33. The molecular weight excluding hydrogens is 264 g/mol. The zero-order valence-electron chi connectivity index (χ0n) is 13.5. The number of nitrogens with zero attached hydrogens (tertiary/aromatic N) is 1. The van der Waals surface area contributed by atoms with Crippen LogP contribution >= 0.6 is 0 Å². The van der Waals surface area contributed by atoms with E-state index in [0.29, 0.717) is 6.42 Å². The van der Waals surface area contributed by atoms with Crippen LogP contribution < -0.4 is 5.32 Å². The minimum Gasteiger partial charge on any atom is -0.316 e. The van der Waals surface area contributed by atoms with Crippen molar-refractivity contribution in [2.24, 2.45) is 5.41 Å². The smallest absolute Gasteiger partial charge is 0.272 e. The van der Waals surface area contributed by atoms with Crippen molar-refractivity contribution >= 4 is 5.69 Å². The molecule has 4 heteroatoms. The Balaban J connectivity index is 2.35. The lowest BCUT2D eigenvalue weighted by atomic mass is 9.87. The minimum absolute atomic E-state index is 0.224. The molecule has 0 amide bonds. The Hall–Kier alpha value is -1.42. The van der Waals surface area contributed by atoms with Crippen molar-refractivity contribution in [3.8, 4) is 0 Å². The summed E-state index contributed by atoms with van der Waals surface area (Å²) in [5, 5.41) is 14.4. The number of hydrogen-bond donors (Lipinski definition) is 1. The molecule has 0 unspecified atom stereocenters. The van der Waals surface area contributed by atoms with E-state index in [0.717, 1.165) is 18.7 Å². The standard InChI is InChI=1S/C17H28N2O2/c1-4-5-8-12-17(2,3)14-18-13-11-15-9-6-7-10-16(15)19(20)21/h6-7,9-10,18H,4-5,8,11-14H2,1-3H3. The number of unbranched alkanes of at least 4 members (excludes halogenated alkanes) is 2. The van der Waals surface area contributed by atoms with Crippen LogP contribution in [0.25, 0.3) is 0 Å². The second kappa shape index (κ2) is 8.78. The Morgan fingerprint density at radius 1 is 1.24 bits per heavy atom. The first kappa shape index (κ1) is 17.6. The summed E-state index contributed by atoms with van der Waals surface area (Å²) in [7, 11) is 0. The molecular formula is C17H28N2O2. The van der Waals surface area contributed by atoms with Gasteiger partial charge in [-0.3, -0.25) is 10.1 Å². The third-order valence-corrected chi connectivity index (χ3v) is 3.82. The van der Waals surface area contributed by atoms with Gasteiger partial charge in [0, 0.05) is 18.2 Å². The summed E-state index contributed by atoms with van der Waals surface area (Å²) in [5.74, 6) is 0. The van der Waals surface area contributed by atoms with Crippen molar-refractivity contribution in [1.29, 1.82) is 0 Å². The summed E-state index contributed by atoms with van der Waals surface area (Å²) in [6.45, 7) is 8.51. The number of rotatable bonds is 10. The van der Waals surface area contributed by atoms with Gasteiger partial charge < -0.3 is 5.32 Å². The third kappa shape index (κ3) is 6.71. The molecule has 4 nitrogen and oxygen atoms in total. The van der Waals surface area contributed by atoms with E-state index in [1.165, 1.54) is 25.7 Å². The highest BCUT2D eigenvalue weighted by molar-refractivity contribution is 5.39. The first-order valence-corrected chi connectivity index (χ1v) is 7.89. The fraction of sp³-hybridized carbons (Fsp3) is 0.647. The maximum atomic E-state index is 10.9. The maximum Gasteiger partial charge on any atom is 0.272 e. The highest BCUT2D eigenvalue weighted by atomic mass is 16.6. The van der Waals surface area contributed by atoms with E-state index in [1.807, 2.05) is 12.1 Å². The molecule has 0 spiro atoms. The molecule has 21 heavy (non-hydrogen) atoms. The minimum atomic E-state index is -0.302. The molecule has 118 valence electrons. The Kier molecular flexibility index (Phi) is 7.37. The van der Waals surface area contributed by atoms with Gasteiger partial charge in [-0.2, -0.15) is 0 Å². The van der Waals surface area contributed by atoms with Gasteiger partial charge in [0.05, 0.1) is 4.92 Å². The summed E-state index contributed by atoms with van der Waals surface area (Å²) < 4.78 is 0. The fourth-order valence-corrected chi connectivity index (χ4v) is 2.49.